The van der Waals surface area contributed by atoms with Crippen LogP contribution in [0.5, 0.6) is 0 Å². The van der Waals surface area contributed by atoms with Crippen LogP contribution >= 0.6 is 0 Å². The minimum Gasteiger partial charge on any atom is -0.349 e. The largest absolute Gasteiger partial charge is 0.349 e. The van der Waals surface area contributed by atoms with Crippen LogP contribution < -0.4 is 5.32 Å². The van der Waals surface area contributed by atoms with Crippen molar-refractivity contribution in [3.63, 3.8) is 0 Å². The lowest BCUT2D eigenvalue weighted by molar-refractivity contribution is 0.0927. The lowest BCUT2D eigenvalue weighted by Crippen LogP contribution is -2.36. The van der Waals surface area contributed by atoms with E-state index in [0.29, 0.717) is 16.5 Å². The molecule has 1 N–H and O–H groups in total. The number of rotatable bonds is 4. The SMILES string of the molecule is O=C(NC1CCCCC1)c1cnc(-n2nc(C(F)F)c3ccccc32)nc1. The molecule has 2 aromatic heterocycles. The molecular formula is C19H19F2N5O. The van der Waals surface area contributed by atoms with Gasteiger partial charge in [0.1, 0.15) is 5.69 Å². The molecule has 2 heterocycles. The summed E-state index contributed by atoms with van der Waals surface area (Å²) in [5.74, 6) is -0.0700. The zero-order valence-electron chi connectivity index (χ0n) is 14.6. The fourth-order valence-corrected chi connectivity index (χ4v) is 3.47. The standard InChI is InChI=1S/C19H19F2N5O/c20-17(21)16-14-8-4-5-9-15(14)26(25-16)19-22-10-12(11-23-19)18(27)24-13-6-2-1-3-7-13/h4-5,8-11,13,17H,1-3,6-7H2,(H,24,27). The molecule has 0 unspecified atom stereocenters. The van der Waals surface area contributed by atoms with Crippen LogP contribution in [0.4, 0.5) is 8.78 Å². The maximum absolute atomic E-state index is 13.2. The van der Waals surface area contributed by atoms with Gasteiger partial charge in [0, 0.05) is 23.8 Å². The Bertz CT molecular complexity index is 948. The molecule has 0 bridgehead atoms. The summed E-state index contributed by atoms with van der Waals surface area (Å²) in [4.78, 5) is 20.7. The van der Waals surface area contributed by atoms with Crippen molar-refractivity contribution in [2.45, 2.75) is 44.6 Å². The van der Waals surface area contributed by atoms with Crippen molar-refractivity contribution in [3.05, 3.63) is 47.9 Å². The Kier molecular flexibility index (Phi) is 4.79. The number of hydrogen-bond donors (Lipinski definition) is 1. The summed E-state index contributed by atoms with van der Waals surface area (Å²) in [6.45, 7) is 0. The molecule has 0 atom stereocenters. The third-order valence-electron chi connectivity index (χ3n) is 4.85. The molecule has 0 radical (unpaired) electrons. The van der Waals surface area contributed by atoms with Gasteiger partial charge in [-0.15, -0.1) is 0 Å². The number of hydrogen-bond acceptors (Lipinski definition) is 4. The van der Waals surface area contributed by atoms with E-state index in [2.05, 4.69) is 20.4 Å². The van der Waals surface area contributed by atoms with Gasteiger partial charge in [0.05, 0.1) is 11.1 Å². The second-order valence-electron chi connectivity index (χ2n) is 6.70. The van der Waals surface area contributed by atoms with E-state index in [-0.39, 0.29) is 23.6 Å². The first kappa shape index (κ1) is 17.5. The number of aromatic nitrogens is 4. The van der Waals surface area contributed by atoms with Crippen molar-refractivity contribution in [1.82, 2.24) is 25.1 Å². The van der Waals surface area contributed by atoms with Crippen LogP contribution in [0, 0.1) is 0 Å². The van der Waals surface area contributed by atoms with Crippen molar-refractivity contribution in [2.24, 2.45) is 0 Å². The van der Waals surface area contributed by atoms with Gasteiger partial charge in [0.25, 0.3) is 18.3 Å². The Labute approximate surface area is 154 Å². The van der Waals surface area contributed by atoms with Gasteiger partial charge in [-0.3, -0.25) is 4.79 Å². The molecular weight excluding hydrogens is 352 g/mol. The molecule has 1 amide bonds. The van der Waals surface area contributed by atoms with Crippen molar-refractivity contribution in [1.29, 1.82) is 0 Å². The fourth-order valence-electron chi connectivity index (χ4n) is 3.47. The van der Waals surface area contributed by atoms with Crippen LogP contribution in [0.25, 0.3) is 16.9 Å². The zero-order chi connectivity index (χ0) is 18.8. The molecule has 1 aliphatic rings. The number of carbonyl (C=O) groups excluding carboxylic acids is 1. The summed E-state index contributed by atoms with van der Waals surface area (Å²) < 4.78 is 27.8. The minimum atomic E-state index is -2.70. The Morgan fingerprint density at radius 1 is 1.11 bits per heavy atom. The van der Waals surface area contributed by atoms with Gasteiger partial charge in [-0.2, -0.15) is 9.78 Å². The molecule has 1 aliphatic carbocycles. The number of alkyl halides is 2. The molecule has 0 aliphatic heterocycles. The van der Waals surface area contributed by atoms with E-state index in [4.69, 9.17) is 0 Å². The van der Waals surface area contributed by atoms with E-state index in [1.165, 1.54) is 23.5 Å². The van der Waals surface area contributed by atoms with Crippen molar-refractivity contribution in [2.75, 3.05) is 0 Å². The average Bonchev–Trinajstić information content (AvgIpc) is 3.09. The number of halogens is 2. The van der Waals surface area contributed by atoms with Gasteiger partial charge in [-0.25, -0.2) is 18.7 Å². The van der Waals surface area contributed by atoms with E-state index in [1.54, 1.807) is 24.3 Å². The summed E-state index contributed by atoms with van der Waals surface area (Å²) in [6, 6.07) is 6.88. The maximum Gasteiger partial charge on any atom is 0.282 e. The number of para-hydroxylation sites is 1. The van der Waals surface area contributed by atoms with Crippen LogP contribution in [0.1, 0.15) is 54.6 Å². The van der Waals surface area contributed by atoms with E-state index in [9.17, 15) is 13.6 Å². The van der Waals surface area contributed by atoms with Crippen molar-refractivity contribution >= 4 is 16.8 Å². The van der Waals surface area contributed by atoms with Crippen molar-refractivity contribution < 1.29 is 13.6 Å². The first-order valence-corrected chi connectivity index (χ1v) is 9.02. The number of amides is 1. The topological polar surface area (TPSA) is 72.7 Å². The smallest absolute Gasteiger partial charge is 0.282 e. The second-order valence-corrected chi connectivity index (χ2v) is 6.70. The molecule has 1 fully saturated rings. The molecule has 6 nitrogen and oxygen atoms in total. The quantitative estimate of drug-likeness (QED) is 0.757. The molecule has 3 aromatic rings. The number of nitrogens with one attached hydrogen (secondary N) is 1. The van der Waals surface area contributed by atoms with E-state index >= 15 is 0 Å². The summed E-state index contributed by atoms with van der Waals surface area (Å²) in [6.07, 6.45) is 5.54. The number of benzene rings is 1. The third kappa shape index (κ3) is 3.51. The highest BCUT2D eigenvalue weighted by molar-refractivity contribution is 5.93. The maximum atomic E-state index is 13.2. The van der Waals surface area contributed by atoms with Crippen LogP contribution in [0.15, 0.2) is 36.7 Å². The summed E-state index contributed by atoms with van der Waals surface area (Å²) in [7, 11) is 0. The first-order chi connectivity index (χ1) is 13.1. The van der Waals surface area contributed by atoms with Crippen LogP contribution in [0.3, 0.4) is 0 Å². The molecule has 27 heavy (non-hydrogen) atoms. The van der Waals surface area contributed by atoms with Gasteiger partial charge < -0.3 is 5.32 Å². The molecule has 140 valence electrons. The highest BCUT2D eigenvalue weighted by atomic mass is 19.3. The van der Waals surface area contributed by atoms with Crippen LogP contribution in [-0.4, -0.2) is 31.7 Å². The Balaban J connectivity index is 1.59. The van der Waals surface area contributed by atoms with Gasteiger partial charge in [0.2, 0.25) is 0 Å². The number of nitrogens with zero attached hydrogens (tertiary/aromatic N) is 4. The van der Waals surface area contributed by atoms with E-state index < -0.39 is 6.43 Å². The fraction of sp³-hybridized carbons (Fsp3) is 0.368. The molecule has 1 saturated carbocycles. The zero-order valence-corrected chi connectivity index (χ0v) is 14.6. The Morgan fingerprint density at radius 2 is 1.81 bits per heavy atom. The van der Waals surface area contributed by atoms with Gasteiger partial charge in [-0.1, -0.05) is 37.5 Å². The Morgan fingerprint density at radius 3 is 2.52 bits per heavy atom. The number of fused-ring (bicyclic) bond motifs is 1. The second kappa shape index (κ2) is 7.38. The first-order valence-electron chi connectivity index (χ1n) is 9.02. The van der Waals surface area contributed by atoms with Gasteiger partial charge >= 0.3 is 0 Å². The van der Waals surface area contributed by atoms with E-state index in [0.717, 1.165) is 25.7 Å². The minimum absolute atomic E-state index is 0.146. The highest BCUT2D eigenvalue weighted by Crippen LogP contribution is 2.28. The third-order valence-corrected chi connectivity index (χ3v) is 4.85. The normalized spacial score (nSPS) is 15.4. The molecule has 0 spiro atoms. The van der Waals surface area contributed by atoms with Crippen LogP contribution in [-0.2, 0) is 0 Å². The highest BCUT2D eigenvalue weighted by Gasteiger charge is 2.21. The lowest BCUT2D eigenvalue weighted by atomic mass is 9.95. The summed E-state index contributed by atoms with van der Waals surface area (Å²) >= 11 is 0. The van der Waals surface area contributed by atoms with Gasteiger partial charge in [0.15, 0.2) is 0 Å². The average molecular weight is 371 g/mol. The number of carbonyl (C=O) groups is 1. The predicted octanol–water partition coefficient (Wildman–Crippen LogP) is 3.82. The lowest BCUT2D eigenvalue weighted by Gasteiger charge is -2.22. The molecule has 0 saturated heterocycles. The summed E-state index contributed by atoms with van der Waals surface area (Å²) in [5, 5.41) is 7.33. The summed E-state index contributed by atoms with van der Waals surface area (Å²) in [5.41, 5.74) is 0.524. The van der Waals surface area contributed by atoms with Gasteiger partial charge in [-0.05, 0) is 18.9 Å². The molecule has 8 heteroatoms. The van der Waals surface area contributed by atoms with Crippen molar-refractivity contribution in [3.8, 4) is 5.95 Å². The molecule has 1 aromatic carbocycles. The Hall–Kier alpha value is -2.90. The van der Waals surface area contributed by atoms with E-state index in [1.807, 2.05) is 0 Å². The predicted molar refractivity (Wildman–Crippen MR) is 96.0 cm³/mol. The molecule has 4 rings (SSSR count). The van der Waals surface area contributed by atoms with Crippen LogP contribution in [0.2, 0.25) is 0 Å². The monoisotopic (exact) mass is 371 g/mol.